The third-order valence-electron chi connectivity index (χ3n) is 3.01. The van der Waals surface area contributed by atoms with Gasteiger partial charge in [-0.05, 0) is 37.5 Å². The first kappa shape index (κ1) is 11.9. The van der Waals surface area contributed by atoms with Crippen LogP contribution in [0.25, 0.3) is 0 Å². The number of nitrogen functional groups attached to an aromatic ring is 1. The molecule has 0 spiro atoms. The van der Waals surface area contributed by atoms with Gasteiger partial charge in [-0.1, -0.05) is 0 Å². The summed E-state index contributed by atoms with van der Waals surface area (Å²) in [5.74, 6) is 0. The first-order chi connectivity index (χ1) is 8.29. The second-order valence-corrected chi connectivity index (χ2v) is 4.33. The highest BCUT2D eigenvalue weighted by atomic mass is 16.5. The molecule has 0 amide bonds. The molecule has 1 saturated heterocycles. The second-order valence-electron chi connectivity index (χ2n) is 4.33. The average Bonchev–Trinajstić information content (AvgIpc) is 2.39. The van der Waals surface area contributed by atoms with Crippen molar-refractivity contribution in [3.8, 4) is 0 Å². The molecule has 0 aromatic heterocycles. The fourth-order valence-corrected chi connectivity index (χ4v) is 1.99. The van der Waals surface area contributed by atoms with Gasteiger partial charge in [0.25, 0.3) is 0 Å². The molecule has 92 valence electrons. The van der Waals surface area contributed by atoms with Crippen molar-refractivity contribution in [2.45, 2.75) is 25.4 Å². The van der Waals surface area contributed by atoms with Gasteiger partial charge in [0.15, 0.2) is 0 Å². The molecule has 1 atom stereocenters. The standard InChI is InChI=1S/C13H18N2O2/c14-12-5-4-10(9-16)7-13(12)15-8-11-3-1-2-6-17-11/h4-5,7,9,11,15H,1-3,6,8,14H2. The van der Waals surface area contributed by atoms with Crippen molar-refractivity contribution in [2.24, 2.45) is 0 Å². The lowest BCUT2D eigenvalue weighted by molar-refractivity contribution is 0.0248. The fourth-order valence-electron chi connectivity index (χ4n) is 1.99. The summed E-state index contributed by atoms with van der Waals surface area (Å²) < 4.78 is 5.62. The Hall–Kier alpha value is -1.55. The summed E-state index contributed by atoms with van der Waals surface area (Å²) in [5.41, 5.74) is 7.94. The number of hydrogen-bond donors (Lipinski definition) is 2. The average molecular weight is 234 g/mol. The molecule has 17 heavy (non-hydrogen) atoms. The highest BCUT2D eigenvalue weighted by Gasteiger charge is 2.13. The Morgan fingerprint density at radius 2 is 2.35 bits per heavy atom. The molecule has 1 unspecified atom stereocenters. The number of carbonyl (C=O) groups excluding carboxylic acids is 1. The SMILES string of the molecule is Nc1ccc(C=O)cc1NCC1CCCCO1. The van der Waals surface area contributed by atoms with Gasteiger partial charge in [-0.2, -0.15) is 0 Å². The van der Waals surface area contributed by atoms with Gasteiger partial charge in [0.05, 0.1) is 17.5 Å². The minimum absolute atomic E-state index is 0.253. The number of nitrogens with two attached hydrogens (primary N) is 1. The van der Waals surface area contributed by atoms with Crippen LogP contribution in [-0.2, 0) is 4.74 Å². The van der Waals surface area contributed by atoms with E-state index >= 15 is 0 Å². The summed E-state index contributed by atoms with van der Waals surface area (Å²) in [5, 5.41) is 3.25. The molecule has 4 nitrogen and oxygen atoms in total. The van der Waals surface area contributed by atoms with Gasteiger partial charge in [0, 0.05) is 18.7 Å². The molecule has 0 radical (unpaired) electrons. The lowest BCUT2D eigenvalue weighted by Crippen LogP contribution is -2.27. The summed E-state index contributed by atoms with van der Waals surface area (Å²) >= 11 is 0. The number of aldehydes is 1. The third-order valence-corrected chi connectivity index (χ3v) is 3.01. The summed E-state index contributed by atoms with van der Waals surface area (Å²) in [7, 11) is 0. The van der Waals surface area contributed by atoms with Crippen LogP contribution in [0.1, 0.15) is 29.6 Å². The van der Waals surface area contributed by atoms with E-state index in [0.717, 1.165) is 38.0 Å². The molecule has 0 saturated carbocycles. The number of hydrogen-bond acceptors (Lipinski definition) is 4. The highest BCUT2D eigenvalue weighted by molar-refractivity contribution is 5.80. The summed E-state index contributed by atoms with van der Waals surface area (Å²) in [6.45, 7) is 1.59. The Balaban J connectivity index is 1.95. The molecule has 1 aliphatic rings. The number of benzene rings is 1. The van der Waals surface area contributed by atoms with Crippen LogP contribution in [-0.4, -0.2) is 25.5 Å². The molecule has 1 heterocycles. The van der Waals surface area contributed by atoms with Crippen molar-refractivity contribution < 1.29 is 9.53 Å². The summed E-state index contributed by atoms with van der Waals surface area (Å²) in [6, 6.07) is 5.23. The zero-order chi connectivity index (χ0) is 12.1. The Morgan fingerprint density at radius 1 is 1.47 bits per heavy atom. The van der Waals surface area contributed by atoms with Crippen LogP contribution in [0.4, 0.5) is 11.4 Å². The lowest BCUT2D eigenvalue weighted by Gasteiger charge is -2.23. The number of nitrogens with one attached hydrogen (secondary N) is 1. The molecule has 3 N–H and O–H groups in total. The van der Waals surface area contributed by atoms with Crippen LogP contribution in [0.2, 0.25) is 0 Å². The first-order valence-electron chi connectivity index (χ1n) is 6.00. The fraction of sp³-hybridized carbons (Fsp3) is 0.462. The summed E-state index contributed by atoms with van der Waals surface area (Å²) in [6.07, 6.45) is 4.53. The van der Waals surface area contributed by atoms with Crippen LogP contribution in [0.15, 0.2) is 18.2 Å². The Morgan fingerprint density at radius 3 is 3.06 bits per heavy atom. The van der Waals surface area contributed by atoms with Crippen LogP contribution < -0.4 is 11.1 Å². The van der Waals surface area contributed by atoms with Gasteiger partial charge in [0.1, 0.15) is 6.29 Å². The monoisotopic (exact) mass is 234 g/mol. The second kappa shape index (κ2) is 5.68. The molecule has 1 aromatic rings. The molecular formula is C13H18N2O2. The van der Waals surface area contributed by atoms with Gasteiger partial charge < -0.3 is 15.8 Å². The predicted molar refractivity (Wildman–Crippen MR) is 68.3 cm³/mol. The van der Waals surface area contributed by atoms with E-state index in [2.05, 4.69) is 5.32 Å². The van der Waals surface area contributed by atoms with Crippen LogP contribution in [0, 0.1) is 0 Å². The van der Waals surface area contributed by atoms with Gasteiger partial charge in [0.2, 0.25) is 0 Å². The lowest BCUT2D eigenvalue weighted by atomic mass is 10.1. The molecule has 1 aliphatic heterocycles. The van der Waals surface area contributed by atoms with E-state index in [1.807, 2.05) is 0 Å². The van der Waals surface area contributed by atoms with Crippen LogP contribution in [0.5, 0.6) is 0 Å². The number of anilines is 2. The first-order valence-corrected chi connectivity index (χ1v) is 6.00. The Kier molecular flexibility index (Phi) is 3.98. The molecular weight excluding hydrogens is 216 g/mol. The van der Waals surface area contributed by atoms with Gasteiger partial charge in [-0.25, -0.2) is 0 Å². The molecule has 2 rings (SSSR count). The van der Waals surface area contributed by atoms with E-state index in [1.165, 1.54) is 6.42 Å². The van der Waals surface area contributed by atoms with Gasteiger partial charge in [-0.15, -0.1) is 0 Å². The topological polar surface area (TPSA) is 64.4 Å². The van der Waals surface area contributed by atoms with E-state index in [9.17, 15) is 4.79 Å². The maximum absolute atomic E-state index is 10.7. The smallest absolute Gasteiger partial charge is 0.150 e. The van der Waals surface area contributed by atoms with Gasteiger partial charge in [-0.3, -0.25) is 4.79 Å². The molecule has 1 fully saturated rings. The Labute approximate surface area is 101 Å². The maximum atomic E-state index is 10.7. The van der Waals surface area contributed by atoms with Crippen LogP contribution >= 0.6 is 0 Å². The van der Waals surface area contributed by atoms with Crippen molar-refractivity contribution in [3.63, 3.8) is 0 Å². The molecule has 0 bridgehead atoms. The third kappa shape index (κ3) is 3.20. The van der Waals surface area contributed by atoms with E-state index in [-0.39, 0.29) is 6.10 Å². The number of carbonyl (C=O) groups is 1. The number of rotatable bonds is 4. The number of ether oxygens (including phenoxy) is 1. The highest BCUT2D eigenvalue weighted by Crippen LogP contribution is 2.20. The molecule has 1 aromatic carbocycles. The van der Waals surface area contributed by atoms with Crippen molar-refractivity contribution in [1.29, 1.82) is 0 Å². The van der Waals surface area contributed by atoms with E-state index < -0.39 is 0 Å². The maximum Gasteiger partial charge on any atom is 0.150 e. The summed E-state index contributed by atoms with van der Waals surface area (Å²) in [4.78, 5) is 10.7. The normalized spacial score (nSPS) is 19.9. The van der Waals surface area contributed by atoms with E-state index in [4.69, 9.17) is 10.5 Å². The quantitative estimate of drug-likeness (QED) is 0.618. The minimum Gasteiger partial charge on any atom is -0.397 e. The van der Waals surface area contributed by atoms with Crippen molar-refractivity contribution in [2.75, 3.05) is 24.2 Å². The minimum atomic E-state index is 0.253. The van der Waals surface area contributed by atoms with E-state index in [0.29, 0.717) is 11.3 Å². The predicted octanol–water partition coefficient (Wildman–Crippen LogP) is 2.06. The van der Waals surface area contributed by atoms with Crippen molar-refractivity contribution >= 4 is 17.7 Å². The molecule has 4 heteroatoms. The zero-order valence-corrected chi connectivity index (χ0v) is 9.82. The zero-order valence-electron chi connectivity index (χ0n) is 9.82. The van der Waals surface area contributed by atoms with Crippen molar-refractivity contribution in [3.05, 3.63) is 23.8 Å². The molecule has 0 aliphatic carbocycles. The van der Waals surface area contributed by atoms with Crippen molar-refractivity contribution in [1.82, 2.24) is 0 Å². The van der Waals surface area contributed by atoms with Crippen LogP contribution in [0.3, 0.4) is 0 Å². The Bertz CT molecular complexity index is 387. The largest absolute Gasteiger partial charge is 0.397 e. The van der Waals surface area contributed by atoms with Gasteiger partial charge >= 0.3 is 0 Å². The van der Waals surface area contributed by atoms with E-state index in [1.54, 1.807) is 18.2 Å².